The quantitative estimate of drug-likeness (QED) is 0.829. The van der Waals surface area contributed by atoms with E-state index in [9.17, 15) is 4.79 Å². The predicted octanol–water partition coefficient (Wildman–Crippen LogP) is 3.55. The van der Waals surface area contributed by atoms with Crippen LogP contribution >= 0.6 is 0 Å². The zero-order chi connectivity index (χ0) is 20.3. The van der Waals surface area contributed by atoms with Crippen molar-refractivity contribution in [3.8, 4) is 5.69 Å². The zero-order valence-corrected chi connectivity index (χ0v) is 17.8. The summed E-state index contributed by atoms with van der Waals surface area (Å²) in [5.74, 6) is 1.84. The van der Waals surface area contributed by atoms with Crippen LogP contribution in [0.5, 0.6) is 0 Å². The fraction of sp³-hybridized carbons (Fsp3) is 0.591. The fourth-order valence-corrected chi connectivity index (χ4v) is 3.96. The van der Waals surface area contributed by atoms with Crippen LogP contribution in [0.15, 0.2) is 24.3 Å². The third kappa shape index (κ3) is 4.61. The van der Waals surface area contributed by atoms with Gasteiger partial charge in [0.2, 0.25) is 5.82 Å². The largest absolute Gasteiger partial charge is 0.348 e. The summed E-state index contributed by atoms with van der Waals surface area (Å²) < 4.78 is 1.78. The molecule has 2 unspecified atom stereocenters. The summed E-state index contributed by atoms with van der Waals surface area (Å²) in [5.41, 5.74) is 2.17. The van der Waals surface area contributed by atoms with Crippen molar-refractivity contribution in [1.29, 1.82) is 0 Å². The summed E-state index contributed by atoms with van der Waals surface area (Å²) in [6.07, 6.45) is 2.54. The molecule has 1 aromatic carbocycles. The highest BCUT2D eigenvalue weighted by atomic mass is 16.2. The number of likely N-dealkylation sites (tertiary alicyclic amines) is 1. The Morgan fingerprint density at radius 1 is 1.29 bits per heavy atom. The standard InChI is InChI=1S/C22H33N5O/c1-15(2)19-10-6-7-11-20(19)27-18(5)24-21(25-27)22(28)23-13-17(4)26-12-8-9-16(3)14-26/h6-7,10-11,15-17H,8-9,12-14H2,1-5H3,(H,23,28). The van der Waals surface area contributed by atoms with Crippen LogP contribution in [0.1, 0.15) is 68.5 Å². The molecule has 28 heavy (non-hydrogen) atoms. The van der Waals surface area contributed by atoms with Crippen molar-refractivity contribution in [3.05, 3.63) is 41.5 Å². The number of benzene rings is 1. The highest BCUT2D eigenvalue weighted by molar-refractivity contribution is 5.90. The van der Waals surface area contributed by atoms with E-state index < -0.39 is 0 Å². The van der Waals surface area contributed by atoms with Crippen LogP contribution in [-0.2, 0) is 0 Å². The van der Waals surface area contributed by atoms with Gasteiger partial charge < -0.3 is 5.32 Å². The fourth-order valence-electron chi connectivity index (χ4n) is 3.96. The second-order valence-corrected chi connectivity index (χ2v) is 8.41. The molecule has 0 aliphatic carbocycles. The second kappa shape index (κ2) is 8.86. The van der Waals surface area contributed by atoms with Gasteiger partial charge in [-0.05, 0) is 56.7 Å². The van der Waals surface area contributed by atoms with Crippen LogP contribution in [0.4, 0.5) is 0 Å². The Kier molecular flexibility index (Phi) is 6.50. The Labute approximate surface area is 168 Å². The summed E-state index contributed by atoms with van der Waals surface area (Å²) in [6.45, 7) is 13.5. The number of rotatable bonds is 6. The molecule has 1 aliphatic heterocycles. The van der Waals surface area contributed by atoms with Crippen LogP contribution in [0.3, 0.4) is 0 Å². The van der Waals surface area contributed by atoms with E-state index in [0.717, 1.165) is 30.5 Å². The normalized spacial score (nSPS) is 19.0. The minimum absolute atomic E-state index is 0.208. The number of nitrogens with one attached hydrogen (secondary N) is 1. The molecule has 152 valence electrons. The van der Waals surface area contributed by atoms with Gasteiger partial charge in [0.25, 0.3) is 5.91 Å². The number of aryl methyl sites for hydroxylation is 1. The Morgan fingerprint density at radius 2 is 2.04 bits per heavy atom. The maximum Gasteiger partial charge on any atom is 0.291 e. The molecule has 6 nitrogen and oxygen atoms in total. The van der Waals surface area contributed by atoms with E-state index in [1.165, 1.54) is 18.4 Å². The average molecular weight is 384 g/mol. The van der Waals surface area contributed by atoms with Gasteiger partial charge in [-0.25, -0.2) is 9.67 Å². The van der Waals surface area contributed by atoms with Gasteiger partial charge in [0.1, 0.15) is 5.82 Å². The molecule has 2 atom stereocenters. The summed E-state index contributed by atoms with van der Waals surface area (Å²) in [5, 5.41) is 7.53. The van der Waals surface area contributed by atoms with E-state index in [4.69, 9.17) is 0 Å². The smallest absolute Gasteiger partial charge is 0.291 e. The van der Waals surface area contributed by atoms with Crippen molar-refractivity contribution in [2.24, 2.45) is 5.92 Å². The minimum Gasteiger partial charge on any atom is -0.348 e. The van der Waals surface area contributed by atoms with E-state index in [2.05, 4.69) is 54.1 Å². The number of nitrogens with zero attached hydrogens (tertiary/aromatic N) is 4. The molecule has 1 amide bonds. The van der Waals surface area contributed by atoms with Crippen LogP contribution < -0.4 is 5.32 Å². The summed E-state index contributed by atoms with van der Waals surface area (Å²) in [7, 11) is 0. The SMILES string of the molecule is Cc1nc(C(=O)NCC(C)N2CCCC(C)C2)nn1-c1ccccc1C(C)C. The average Bonchev–Trinajstić information content (AvgIpc) is 3.07. The predicted molar refractivity (Wildman–Crippen MR) is 112 cm³/mol. The lowest BCUT2D eigenvalue weighted by Gasteiger charge is -2.35. The molecule has 1 aliphatic rings. The third-order valence-electron chi connectivity index (χ3n) is 5.63. The number of para-hydroxylation sites is 1. The summed E-state index contributed by atoms with van der Waals surface area (Å²) in [4.78, 5) is 19.5. The van der Waals surface area contributed by atoms with E-state index in [1.807, 2.05) is 25.1 Å². The molecule has 2 aromatic rings. The molecule has 2 heterocycles. The van der Waals surface area contributed by atoms with Crippen LogP contribution in [0, 0.1) is 12.8 Å². The lowest BCUT2D eigenvalue weighted by molar-refractivity contribution is 0.0907. The van der Waals surface area contributed by atoms with Crippen molar-refractivity contribution in [2.75, 3.05) is 19.6 Å². The van der Waals surface area contributed by atoms with Crippen molar-refractivity contribution in [2.45, 2.75) is 59.4 Å². The van der Waals surface area contributed by atoms with Crippen LogP contribution in [-0.4, -0.2) is 51.2 Å². The minimum atomic E-state index is -0.208. The first-order valence-electron chi connectivity index (χ1n) is 10.4. The Bertz CT molecular complexity index is 813. The van der Waals surface area contributed by atoms with Crippen molar-refractivity contribution >= 4 is 5.91 Å². The van der Waals surface area contributed by atoms with Gasteiger partial charge in [0.05, 0.1) is 5.69 Å². The van der Waals surface area contributed by atoms with Gasteiger partial charge in [-0.15, -0.1) is 5.10 Å². The Balaban J connectivity index is 1.68. The Morgan fingerprint density at radius 3 is 2.75 bits per heavy atom. The molecule has 1 aromatic heterocycles. The molecule has 1 N–H and O–H groups in total. The monoisotopic (exact) mass is 383 g/mol. The summed E-state index contributed by atoms with van der Waals surface area (Å²) in [6, 6.07) is 8.46. The number of amides is 1. The van der Waals surface area contributed by atoms with E-state index in [1.54, 1.807) is 4.68 Å². The van der Waals surface area contributed by atoms with Crippen LogP contribution in [0.2, 0.25) is 0 Å². The number of piperidine rings is 1. The van der Waals surface area contributed by atoms with Crippen molar-refractivity contribution in [1.82, 2.24) is 25.0 Å². The molecule has 3 rings (SSSR count). The van der Waals surface area contributed by atoms with Gasteiger partial charge in [0.15, 0.2) is 0 Å². The van der Waals surface area contributed by atoms with Crippen molar-refractivity contribution in [3.63, 3.8) is 0 Å². The number of aromatic nitrogens is 3. The van der Waals surface area contributed by atoms with Gasteiger partial charge >= 0.3 is 0 Å². The molecule has 0 saturated carbocycles. The first-order valence-corrected chi connectivity index (χ1v) is 10.4. The number of carbonyl (C=O) groups excluding carboxylic acids is 1. The van der Waals surface area contributed by atoms with Crippen LogP contribution in [0.25, 0.3) is 5.69 Å². The van der Waals surface area contributed by atoms with Gasteiger partial charge in [0, 0.05) is 19.1 Å². The van der Waals surface area contributed by atoms with Gasteiger partial charge in [-0.1, -0.05) is 39.0 Å². The van der Waals surface area contributed by atoms with Crippen molar-refractivity contribution < 1.29 is 4.79 Å². The topological polar surface area (TPSA) is 63.1 Å². The number of carbonyl (C=O) groups is 1. The molecule has 6 heteroatoms. The Hall–Kier alpha value is -2.21. The maximum atomic E-state index is 12.6. The maximum absolute atomic E-state index is 12.6. The molecule has 1 fully saturated rings. The highest BCUT2D eigenvalue weighted by Gasteiger charge is 2.22. The first-order chi connectivity index (χ1) is 13.4. The number of hydrogen-bond donors (Lipinski definition) is 1. The summed E-state index contributed by atoms with van der Waals surface area (Å²) >= 11 is 0. The van der Waals surface area contributed by atoms with E-state index >= 15 is 0 Å². The zero-order valence-electron chi connectivity index (χ0n) is 17.8. The molecular weight excluding hydrogens is 350 g/mol. The lowest BCUT2D eigenvalue weighted by atomic mass is 9.99. The molecular formula is C22H33N5O. The molecule has 1 saturated heterocycles. The lowest BCUT2D eigenvalue weighted by Crippen LogP contribution is -2.46. The van der Waals surface area contributed by atoms with E-state index in [0.29, 0.717) is 18.5 Å². The van der Waals surface area contributed by atoms with E-state index in [-0.39, 0.29) is 11.7 Å². The highest BCUT2D eigenvalue weighted by Crippen LogP contribution is 2.23. The molecule has 0 radical (unpaired) electrons. The van der Waals surface area contributed by atoms with Gasteiger partial charge in [-0.2, -0.15) is 0 Å². The first kappa shape index (κ1) is 20.5. The molecule has 0 bridgehead atoms. The van der Waals surface area contributed by atoms with Gasteiger partial charge in [-0.3, -0.25) is 9.69 Å². The number of hydrogen-bond acceptors (Lipinski definition) is 4. The molecule has 0 spiro atoms. The second-order valence-electron chi connectivity index (χ2n) is 8.41. The third-order valence-corrected chi connectivity index (χ3v) is 5.63.